The summed E-state index contributed by atoms with van der Waals surface area (Å²) in [5.41, 5.74) is 1.05. The lowest BCUT2D eigenvalue weighted by molar-refractivity contribution is 0.0664. The molecule has 0 spiro atoms. The van der Waals surface area contributed by atoms with Crippen molar-refractivity contribution in [2.75, 3.05) is 0 Å². The Morgan fingerprint density at radius 1 is 0.867 bits per heavy atom. The quantitative estimate of drug-likeness (QED) is 0.539. The average Bonchev–Trinajstić information content (AvgIpc) is 2.27. The Balaban J connectivity index is 2.32. The lowest BCUT2D eigenvalue weighted by Gasteiger charge is -2.42. The molecule has 88 valence electrons. The van der Waals surface area contributed by atoms with Crippen molar-refractivity contribution in [2.45, 2.75) is 60.8 Å². The van der Waals surface area contributed by atoms with Crippen LogP contribution in [-0.2, 0) is 0 Å². The normalized spacial score (nSPS) is 47.6. The summed E-state index contributed by atoms with van der Waals surface area (Å²) in [6.45, 7) is 15.0. The summed E-state index contributed by atoms with van der Waals surface area (Å²) < 4.78 is 0. The van der Waals surface area contributed by atoms with Gasteiger partial charge in [0, 0.05) is 0 Å². The topological polar surface area (TPSA) is 0 Å². The molecule has 0 N–H and O–H groups in total. The first-order valence-electron chi connectivity index (χ1n) is 6.78. The van der Waals surface area contributed by atoms with Gasteiger partial charge in [-0.3, -0.25) is 0 Å². The molecule has 2 unspecified atom stereocenters. The highest BCUT2D eigenvalue weighted by Crippen LogP contribution is 2.65. The zero-order valence-electron chi connectivity index (χ0n) is 11.4. The summed E-state index contributed by atoms with van der Waals surface area (Å²) >= 11 is 0. The maximum absolute atomic E-state index is 2.52. The van der Waals surface area contributed by atoms with Gasteiger partial charge in [-0.1, -0.05) is 48.0 Å². The molecule has 0 bridgehead atoms. The van der Waals surface area contributed by atoms with Crippen LogP contribution in [0.3, 0.4) is 0 Å². The van der Waals surface area contributed by atoms with Crippen molar-refractivity contribution >= 4 is 0 Å². The largest absolute Gasteiger partial charge is 0.0625 e. The molecule has 0 aromatic rings. The summed E-state index contributed by atoms with van der Waals surface area (Å²) in [5, 5.41) is 0. The summed E-state index contributed by atoms with van der Waals surface area (Å²) in [6, 6.07) is 0. The molecule has 0 nitrogen and oxygen atoms in total. The molecule has 2 aliphatic rings. The highest BCUT2D eigenvalue weighted by molar-refractivity contribution is 5.07. The van der Waals surface area contributed by atoms with Gasteiger partial charge in [0.05, 0.1) is 0 Å². The zero-order valence-corrected chi connectivity index (χ0v) is 11.4. The molecule has 0 radical (unpaired) electrons. The molecular weight excluding hydrogens is 180 g/mol. The molecule has 0 aromatic heterocycles. The second-order valence-corrected chi connectivity index (χ2v) is 7.42. The predicted molar refractivity (Wildman–Crippen MR) is 66.7 cm³/mol. The maximum Gasteiger partial charge on any atom is -0.0269 e. The minimum Gasteiger partial charge on any atom is -0.0625 e. The number of hydrogen-bond donors (Lipinski definition) is 0. The molecule has 0 amide bonds. The van der Waals surface area contributed by atoms with E-state index in [1.165, 1.54) is 19.3 Å². The van der Waals surface area contributed by atoms with E-state index in [1.54, 1.807) is 0 Å². The second kappa shape index (κ2) is 3.25. The van der Waals surface area contributed by atoms with Gasteiger partial charge >= 0.3 is 0 Å². The summed E-state index contributed by atoms with van der Waals surface area (Å²) in [4.78, 5) is 0. The Bertz CT molecular complexity index is 249. The number of fused-ring (bicyclic) bond motifs is 1. The highest BCUT2D eigenvalue weighted by Gasteiger charge is 2.58. The van der Waals surface area contributed by atoms with Crippen LogP contribution in [-0.4, -0.2) is 0 Å². The third-order valence-corrected chi connectivity index (χ3v) is 6.53. The van der Waals surface area contributed by atoms with Gasteiger partial charge in [0.25, 0.3) is 0 Å². The first-order valence-corrected chi connectivity index (χ1v) is 6.78. The fraction of sp³-hybridized carbons (Fsp3) is 1.00. The summed E-state index contributed by atoms with van der Waals surface area (Å²) in [6.07, 6.45) is 4.43. The smallest absolute Gasteiger partial charge is 0.0269 e. The van der Waals surface area contributed by atoms with Gasteiger partial charge in [-0.2, -0.15) is 0 Å². The van der Waals surface area contributed by atoms with Crippen molar-refractivity contribution in [1.29, 1.82) is 0 Å². The molecule has 0 aliphatic heterocycles. The molecule has 0 aromatic carbocycles. The lowest BCUT2D eigenvalue weighted by atomic mass is 9.63. The maximum atomic E-state index is 2.52. The second-order valence-electron chi connectivity index (χ2n) is 7.42. The van der Waals surface area contributed by atoms with Crippen LogP contribution in [0, 0.1) is 34.5 Å². The van der Waals surface area contributed by atoms with Gasteiger partial charge in [-0.15, -0.1) is 0 Å². The van der Waals surface area contributed by atoms with E-state index in [0.29, 0.717) is 10.8 Å². The van der Waals surface area contributed by atoms with Crippen molar-refractivity contribution in [1.82, 2.24) is 0 Å². The van der Waals surface area contributed by atoms with Gasteiger partial charge in [0.1, 0.15) is 0 Å². The highest BCUT2D eigenvalue weighted by atomic mass is 14.6. The Morgan fingerprint density at radius 2 is 1.47 bits per heavy atom. The van der Waals surface area contributed by atoms with Crippen LogP contribution in [0.2, 0.25) is 0 Å². The third-order valence-electron chi connectivity index (χ3n) is 6.53. The first-order chi connectivity index (χ1) is 6.78. The van der Waals surface area contributed by atoms with E-state index in [4.69, 9.17) is 0 Å². The van der Waals surface area contributed by atoms with E-state index in [0.717, 1.165) is 23.7 Å². The molecule has 2 aliphatic carbocycles. The van der Waals surface area contributed by atoms with Crippen molar-refractivity contribution in [3.05, 3.63) is 0 Å². The number of hydrogen-bond acceptors (Lipinski definition) is 0. The first kappa shape index (κ1) is 11.5. The van der Waals surface area contributed by atoms with Gasteiger partial charge < -0.3 is 0 Å². The molecule has 2 rings (SSSR count). The summed E-state index contributed by atoms with van der Waals surface area (Å²) in [5.74, 6) is 3.86. The van der Waals surface area contributed by atoms with Crippen LogP contribution in [0.25, 0.3) is 0 Å². The Labute approximate surface area is 95.8 Å². The monoisotopic (exact) mass is 208 g/mol. The fourth-order valence-electron chi connectivity index (χ4n) is 4.43. The van der Waals surface area contributed by atoms with Gasteiger partial charge in [0.2, 0.25) is 0 Å². The van der Waals surface area contributed by atoms with Crippen LogP contribution in [0.1, 0.15) is 60.8 Å². The van der Waals surface area contributed by atoms with Crippen LogP contribution >= 0.6 is 0 Å². The van der Waals surface area contributed by atoms with Crippen molar-refractivity contribution in [2.24, 2.45) is 34.5 Å². The van der Waals surface area contributed by atoms with E-state index in [-0.39, 0.29) is 0 Å². The molecule has 0 heteroatoms. The Morgan fingerprint density at radius 3 is 2.07 bits per heavy atom. The van der Waals surface area contributed by atoms with Crippen LogP contribution < -0.4 is 0 Å². The number of rotatable bonds is 0. The molecule has 2 fully saturated rings. The van der Waals surface area contributed by atoms with E-state index in [1.807, 2.05) is 0 Å². The predicted octanol–water partition coefficient (Wildman–Crippen LogP) is 4.74. The SMILES string of the molecule is CC1C2CC[C@@H](C)C[C@H]2C(C)(C)C1(C)C. The molecule has 0 heterocycles. The van der Waals surface area contributed by atoms with E-state index < -0.39 is 0 Å². The van der Waals surface area contributed by atoms with E-state index in [9.17, 15) is 0 Å². The zero-order chi connectivity index (χ0) is 11.4. The average molecular weight is 208 g/mol. The van der Waals surface area contributed by atoms with E-state index >= 15 is 0 Å². The van der Waals surface area contributed by atoms with Gasteiger partial charge in [-0.05, 0) is 47.3 Å². The van der Waals surface area contributed by atoms with Crippen molar-refractivity contribution in [3.8, 4) is 0 Å². The fourth-order valence-corrected chi connectivity index (χ4v) is 4.43. The van der Waals surface area contributed by atoms with Crippen molar-refractivity contribution in [3.63, 3.8) is 0 Å². The third kappa shape index (κ3) is 1.40. The minimum atomic E-state index is 0.520. The molecule has 2 saturated carbocycles. The van der Waals surface area contributed by atoms with Crippen molar-refractivity contribution < 1.29 is 0 Å². The van der Waals surface area contributed by atoms with Crippen LogP contribution in [0.15, 0.2) is 0 Å². The van der Waals surface area contributed by atoms with Gasteiger partial charge in [0.15, 0.2) is 0 Å². The molecular formula is C15H28. The molecule has 4 atom stereocenters. The van der Waals surface area contributed by atoms with Crippen LogP contribution in [0.5, 0.6) is 0 Å². The lowest BCUT2D eigenvalue weighted by Crippen LogP contribution is -2.35. The minimum absolute atomic E-state index is 0.520. The van der Waals surface area contributed by atoms with Gasteiger partial charge in [-0.25, -0.2) is 0 Å². The Kier molecular flexibility index (Phi) is 2.48. The Hall–Kier alpha value is 0. The summed E-state index contributed by atoms with van der Waals surface area (Å²) in [7, 11) is 0. The molecule has 0 saturated heterocycles. The molecule has 15 heavy (non-hydrogen) atoms. The van der Waals surface area contributed by atoms with Crippen LogP contribution in [0.4, 0.5) is 0 Å². The van der Waals surface area contributed by atoms with E-state index in [2.05, 4.69) is 41.5 Å². The standard InChI is InChI=1S/C15H28/c1-10-7-8-12-11(2)14(3,4)15(5,6)13(12)9-10/h10-13H,7-9H2,1-6H3/t10-,11?,12?,13-/m1/s1.